The highest BCUT2D eigenvalue weighted by molar-refractivity contribution is 5.94. The number of hydrogen-bond acceptors (Lipinski definition) is 6. The number of pyridine rings is 1. The average Bonchev–Trinajstić information content (AvgIpc) is 3.40. The first-order valence-corrected chi connectivity index (χ1v) is 8.58. The number of hydrogen-bond donors (Lipinski definition) is 1. The Kier molecular flexibility index (Phi) is 5.24. The maximum atomic E-state index is 13.2. The maximum Gasteiger partial charge on any atom is 0.325 e. The molecule has 1 aliphatic carbocycles. The van der Waals surface area contributed by atoms with Gasteiger partial charge in [0.1, 0.15) is 17.9 Å². The van der Waals surface area contributed by atoms with Gasteiger partial charge in [0.05, 0.1) is 26.3 Å². The number of anilines is 1. The fraction of sp³-hybridized carbons (Fsp3) is 0.588. The monoisotopic (exact) mass is 369 g/mol. The van der Waals surface area contributed by atoms with Crippen molar-refractivity contribution in [2.75, 3.05) is 37.7 Å². The minimum absolute atomic E-state index is 0.0520. The minimum Gasteiger partial charge on any atom is -0.476 e. The van der Waals surface area contributed by atoms with Gasteiger partial charge in [0, 0.05) is 0 Å². The molecule has 0 radical (unpaired) electrons. The fourth-order valence-corrected chi connectivity index (χ4v) is 2.53. The smallest absolute Gasteiger partial charge is 0.325 e. The van der Waals surface area contributed by atoms with Gasteiger partial charge in [0.25, 0.3) is 11.8 Å². The van der Waals surface area contributed by atoms with Gasteiger partial charge in [-0.25, -0.2) is 13.8 Å². The Labute approximate surface area is 149 Å². The molecular formula is C17H21F2N3O4. The molecule has 1 N–H and O–H groups in total. The number of ether oxygens (including phenoxy) is 2. The minimum atomic E-state index is -2.72. The molecule has 26 heavy (non-hydrogen) atoms. The van der Waals surface area contributed by atoms with E-state index in [4.69, 9.17) is 9.47 Å². The Bertz CT molecular complexity index is 687. The zero-order valence-electron chi connectivity index (χ0n) is 14.5. The van der Waals surface area contributed by atoms with Crippen LogP contribution in [0.5, 0.6) is 5.88 Å². The topological polar surface area (TPSA) is 80.8 Å². The molecule has 1 aromatic rings. The van der Waals surface area contributed by atoms with Crippen LogP contribution < -0.4 is 15.0 Å². The molecule has 1 amide bonds. The van der Waals surface area contributed by atoms with Crippen LogP contribution in [0.3, 0.4) is 0 Å². The van der Waals surface area contributed by atoms with Gasteiger partial charge in [-0.2, -0.15) is 0 Å². The summed E-state index contributed by atoms with van der Waals surface area (Å²) in [5, 5.41) is 2.41. The Balaban J connectivity index is 1.69. The number of aromatic nitrogens is 1. The van der Waals surface area contributed by atoms with E-state index in [1.807, 2.05) is 0 Å². The van der Waals surface area contributed by atoms with E-state index in [9.17, 15) is 18.4 Å². The van der Waals surface area contributed by atoms with E-state index in [1.54, 1.807) is 13.0 Å². The van der Waals surface area contributed by atoms with Crippen molar-refractivity contribution < 1.29 is 27.8 Å². The van der Waals surface area contributed by atoms with E-state index in [1.165, 1.54) is 11.0 Å². The van der Waals surface area contributed by atoms with Crippen LogP contribution in [0.25, 0.3) is 0 Å². The first-order chi connectivity index (χ1) is 12.4. The van der Waals surface area contributed by atoms with E-state index in [-0.39, 0.29) is 24.7 Å². The predicted molar refractivity (Wildman–Crippen MR) is 88.6 cm³/mol. The summed E-state index contributed by atoms with van der Waals surface area (Å²) < 4.78 is 36.7. The van der Waals surface area contributed by atoms with E-state index < -0.39 is 30.9 Å². The SMILES string of the molecule is CCOC(=O)CNC(=O)c1ccc(N2CC(F)(F)C2)c(OCC2CC2)n1. The Morgan fingerprint density at radius 2 is 2.08 bits per heavy atom. The van der Waals surface area contributed by atoms with Crippen molar-refractivity contribution in [1.82, 2.24) is 10.3 Å². The van der Waals surface area contributed by atoms with Crippen LogP contribution in [0.1, 0.15) is 30.3 Å². The van der Waals surface area contributed by atoms with Gasteiger partial charge < -0.3 is 19.7 Å². The Hall–Kier alpha value is -2.45. The van der Waals surface area contributed by atoms with Gasteiger partial charge in [-0.15, -0.1) is 0 Å². The molecule has 3 rings (SSSR count). The van der Waals surface area contributed by atoms with Gasteiger partial charge in [-0.1, -0.05) is 0 Å². The molecule has 1 aliphatic heterocycles. The van der Waals surface area contributed by atoms with Crippen molar-refractivity contribution in [1.29, 1.82) is 0 Å². The van der Waals surface area contributed by atoms with Crippen LogP contribution in [0.2, 0.25) is 0 Å². The Morgan fingerprint density at radius 1 is 1.35 bits per heavy atom. The number of amides is 1. The molecule has 0 bridgehead atoms. The van der Waals surface area contributed by atoms with Crippen LogP contribution in [0, 0.1) is 5.92 Å². The highest BCUT2D eigenvalue weighted by atomic mass is 19.3. The number of alkyl halides is 2. The maximum absolute atomic E-state index is 13.2. The lowest BCUT2D eigenvalue weighted by molar-refractivity contribution is -0.141. The molecule has 2 heterocycles. The van der Waals surface area contributed by atoms with Crippen molar-refractivity contribution in [2.45, 2.75) is 25.7 Å². The van der Waals surface area contributed by atoms with Gasteiger partial charge in [0.15, 0.2) is 0 Å². The lowest BCUT2D eigenvalue weighted by Crippen LogP contribution is -2.56. The van der Waals surface area contributed by atoms with Gasteiger partial charge >= 0.3 is 5.97 Å². The predicted octanol–water partition coefficient (Wildman–Crippen LogP) is 1.62. The van der Waals surface area contributed by atoms with E-state index in [2.05, 4.69) is 10.3 Å². The largest absolute Gasteiger partial charge is 0.476 e. The zero-order valence-corrected chi connectivity index (χ0v) is 14.5. The third-order valence-corrected chi connectivity index (χ3v) is 4.11. The second-order valence-corrected chi connectivity index (χ2v) is 6.47. The van der Waals surface area contributed by atoms with Crippen molar-refractivity contribution in [3.05, 3.63) is 17.8 Å². The number of halogens is 2. The summed E-state index contributed by atoms with van der Waals surface area (Å²) >= 11 is 0. The summed E-state index contributed by atoms with van der Waals surface area (Å²) in [5.74, 6) is -3.22. The molecule has 0 atom stereocenters. The van der Waals surface area contributed by atoms with Crippen LogP contribution >= 0.6 is 0 Å². The van der Waals surface area contributed by atoms with Crippen LogP contribution in [-0.2, 0) is 9.53 Å². The Morgan fingerprint density at radius 3 is 2.69 bits per heavy atom. The van der Waals surface area contributed by atoms with Crippen molar-refractivity contribution in [2.24, 2.45) is 5.92 Å². The van der Waals surface area contributed by atoms with Crippen molar-refractivity contribution >= 4 is 17.6 Å². The van der Waals surface area contributed by atoms with E-state index >= 15 is 0 Å². The second-order valence-electron chi connectivity index (χ2n) is 6.47. The molecule has 0 unspecified atom stereocenters. The third-order valence-electron chi connectivity index (χ3n) is 4.11. The molecule has 2 fully saturated rings. The lowest BCUT2D eigenvalue weighted by Gasteiger charge is -2.40. The zero-order chi connectivity index (χ0) is 18.7. The van der Waals surface area contributed by atoms with E-state index in [0.29, 0.717) is 18.2 Å². The second kappa shape index (κ2) is 7.43. The number of nitrogens with zero attached hydrogens (tertiary/aromatic N) is 2. The molecule has 0 spiro atoms. The van der Waals surface area contributed by atoms with Crippen LogP contribution in [0.15, 0.2) is 12.1 Å². The molecule has 0 aromatic carbocycles. The number of nitrogens with one attached hydrogen (secondary N) is 1. The highest BCUT2D eigenvalue weighted by Gasteiger charge is 2.45. The summed E-state index contributed by atoms with van der Waals surface area (Å²) in [6.07, 6.45) is 2.13. The van der Waals surface area contributed by atoms with Gasteiger partial charge in [-0.05, 0) is 37.8 Å². The van der Waals surface area contributed by atoms with Crippen LogP contribution in [-0.4, -0.2) is 55.6 Å². The number of carbonyl (C=O) groups excluding carboxylic acids is 2. The normalized spacial score (nSPS) is 18.0. The number of esters is 1. The molecule has 7 nitrogen and oxygen atoms in total. The first kappa shape index (κ1) is 18.3. The molecule has 1 aromatic heterocycles. The summed E-state index contributed by atoms with van der Waals surface area (Å²) in [4.78, 5) is 29.1. The molecule has 1 saturated heterocycles. The quantitative estimate of drug-likeness (QED) is 0.702. The summed E-state index contributed by atoms with van der Waals surface area (Å²) in [6, 6.07) is 2.97. The highest BCUT2D eigenvalue weighted by Crippen LogP contribution is 2.37. The van der Waals surface area contributed by atoms with Crippen LogP contribution in [0.4, 0.5) is 14.5 Å². The number of carbonyl (C=O) groups is 2. The fourth-order valence-electron chi connectivity index (χ4n) is 2.53. The molecular weight excluding hydrogens is 348 g/mol. The standard InChI is InChI=1S/C17H21F2N3O4/c1-2-25-14(23)7-20-15(24)12-5-6-13(22-9-17(18,19)10-22)16(21-12)26-8-11-3-4-11/h5-6,11H,2-4,7-10H2,1H3,(H,20,24). The van der Waals surface area contributed by atoms with Gasteiger partial charge in [0.2, 0.25) is 5.88 Å². The summed E-state index contributed by atoms with van der Waals surface area (Å²) in [6.45, 7) is 1.26. The molecule has 142 valence electrons. The van der Waals surface area contributed by atoms with E-state index in [0.717, 1.165) is 12.8 Å². The average molecular weight is 369 g/mol. The number of rotatable bonds is 8. The van der Waals surface area contributed by atoms with Crippen molar-refractivity contribution in [3.8, 4) is 5.88 Å². The first-order valence-electron chi connectivity index (χ1n) is 8.58. The molecule has 1 saturated carbocycles. The summed E-state index contributed by atoms with van der Waals surface area (Å²) in [7, 11) is 0. The molecule has 2 aliphatic rings. The van der Waals surface area contributed by atoms with Gasteiger partial charge in [-0.3, -0.25) is 9.59 Å². The molecule has 9 heteroatoms. The third kappa shape index (κ3) is 4.59. The summed E-state index contributed by atoms with van der Waals surface area (Å²) in [5.41, 5.74) is 0.495. The lowest BCUT2D eigenvalue weighted by atomic mass is 10.1. The van der Waals surface area contributed by atoms with Crippen molar-refractivity contribution in [3.63, 3.8) is 0 Å².